The number of sulfone groups is 1. The number of nitrogens with one attached hydrogen (secondary N) is 2. The van der Waals surface area contributed by atoms with Crippen molar-refractivity contribution >= 4 is 21.6 Å². The fraction of sp³-hybridized carbons (Fsp3) is 0.381. The van der Waals surface area contributed by atoms with E-state index in [0.29, 0.717) is 12.1 Å². The third-order valence-electron chi connectivity index (χ3n) is 4.85. The Balaban J connectivity index is 1.92. The van der Waals surface area contributed by atoms with Crippen molar-refractivity contribution in [2.75, 3.05) is 11.1 Å². The van der Waals surface area contributed by atoms with Gasteiger partial charge in [-0.05, 0) is 37.0 Å². The first-order valence-electron chi connectivity index (χ1n) is 9.49. The smallest absolute Gasteiger partial charge is 0.319 e. The van der Waals surface area contributed by atoms with Crippen LogP contribution in [-0.4, -0.2) is 26.2 Å². The van der Waals surface area contributed by atoms with E-state index in [2.05, 4.69) is 10.6 Å². The Hall–Kier alpha value is -2.34. The third kappa shape index (κ3) is 4.89. The van der Waals surface area contributed by atoms with Crippen LogP contribution in [-0.2, 0) is 9.84 Å². The number of urea groups is 1. The summed E-state index contributed by atoms with van der Waals surface area (Å²) < 4.78 is 24.9. The molecule has 0 heterocycles. The van der Waals surface area contributed by atoms with Crippen LogP contribution in [0.1, 0.15) is 39.0 Å². The van der Waals surface area contributed by atoms with Crippen molar-refractivity contribution in [2.24, 2.45) is 0 Å². The van der Waals surface area contributed by atoms with E-state index in [1.54, 1.807) is 18.2 Å². The molecule has 2 aromatic carbocycles. The predicted molar refractivity (Wildman–Crippen MR) is 109 cm³/mol. The van der Waals surface area contributed by atoms with Crippen molar-refractivity contribution in [1.82, 2.24) is 5.32 Å². The second-order valence-corrected chi connectivity index (χ2v) is 9.08. The highest BCUT2D eigenvalue weighted by Gasteiger charge is 2.20. The van der Waals surface area contributed by atoms with Gasteiger partial charge in [0.1, 0.15) is 0 Å². The van der Waals surface area contributed by atoms with Gasteiger partial charge in [0, 0.05) is 11.6 Å². The zero-order valence-corrected chi connectivity index (χ0v) is 16.4. The molecule has 3 rings (SSSR count). The standard InChI is InChI=1S/C21H26N2O3S/c1-2-14-27(25,26)18-12-13-19(16-8-4-3-5-9-16)20(15-18)23-21(24)22-17-10-6-7-11-17/h3-5,8-9,12-13,15,17H,2,6-7,10-11,14H2,1H3,(H2,22,23,24). The molecular weight excluding hydrogens is 360 g/mol. The summed E-state index contributed by atoms with van der Waals surface area (Å²) in [4.78, 5) is 12.7. The van der Waals surface area contributed by atoms with Crippen LogP contribution in [0.4, 0.5) is 10.5 Å². The molecule has 6 heteroatoms. The Labute approximate surface area is 161 Å². The fourth-order valence-corrected chi connectivity index (χ4v) is 4.84. The van der Waals surface area contributed by atoms with Crippen molar-refractivity contribution in [3.8, 4) is 11.1 Å². The van der Waals surface area contributed by atoms with Gasteiger partial charge in [-0.3, -0.25) is 0 Å². The Kier molecular flexibility index (Phi) is 6.16. The van der Waals surface area contributed by atoms with E-state index >= 15 is 0 Å². The molecule has 0 aliphatic heterocycles. The molecule has 0 bridgehead atoms. The second kappa shape index (κ2) is 8.57. The quantitative estimate of drug-likeness (QED) is 0.762. The molecule has 27 heavy (non-hydrogen) atoms. The van der Waals surface area contributed by atoms with Crippen molar-refractivity contribution in [3.63, 3.8) is 0 Å². The summed E-state index contributed by atoms with van der Waals surface area (Å²) in [5.41, 5.74) is 2.23. The summed E-state index contributed by atoms with van der Waals surface area (Å²) in [6.45, 7) is 1.84. The number of rotatable bonds is 6. The molecule has 2 N–H and O–H groups in total. The summed E-state index contributed by atoms with van der Waals surface area (Å²) in [6, 6.07) is 14.5. The molecule has 0 spiro atoms. The van der Waals surface area contributed by atoms with E-state index < -0.39 is 9.84 Å². The SMILES string of the molecule is CCCS(=O)(=O)c1ccc(-c2ccccc2)c(NC(=O)NC2CCCC2)c1. The molecule has 2 amide bonds. The minimum absolute atomic E-state index is 0.0887. The van der Waals surface area contributed by atoms with Crippen LogP contribution in [0.15, 0.2) is 53.4 Å². The molecule has 1 aliphatic rings. The van der Waals surface area contributed by atoms with Gasteiger partial charge < -0.3 is 10.6 Å². The van der Waals surface area contributed by atoms with E-state index in [9.17, 15) is 13.2 Å². The van der Waals surface area contributed by atoms with Crippen LogP contribution in [0.2, 0.25) is 0 Å². The van der Waals surface area contributed by atoms with E-state index in [0.717, 1.165) is 36.8 Å². The molecule has 144 valence electrons. The lowest BCUT2D eigenvalue weighted by Gasteiger charge is -2.16. The van der Waals surface area contributed by atoms with Crippen LogP contribution < -0.4 is 10.6 Å². The van der Waals surface area contributed by atoms with Gasteiger partial charge in [0.2, 0.25) is 0 Å². The number of hydrogen-bond acceptors (Lipinski definition) is 3. The van der Waals surface area contributed by atoms with Crippen molar-refractivity contribution < 1.29 is 13.2 Å². The summed E-state index contributed by atoms with van der Waals surface area (Å²) in [6.07, 6.45) is 4.79. The van der Waals surface area contributed by atoms with Crippen LogP contribution >= 0.6 is 0 Å². The van der Waals surface area contributed by atoms with Crippen LogP contribution in [0, 0.1) is 0 Å². The molecule has 0 radical (unpaired) electrons. The molecule has 2 aromatic rings. The maximum atomic E-state index is 12.5. The van der Waals surface area contributed by atoms with E-state index in [4.69, 9.17) is 0 Å². The maximum absolute atomic E-state index is 12.5. The van der Waals surface area contributed by atoms with E-state index in [1.807, 2.05) is 37.3 Å². The predicted octanol–water partition coefficient (Wildman–Crippen LogP) is 4.60. The summed E-state index contributed by atoms with van der Waals surface area (Å²) in [5.74, 6) is 0.0887. The summed E-state index contributed by atoms with van der Waals surface area (Å²) in [7, 11) is -3.36. The minimum Gasteiger partial charge on any atom is -0.335 e. The average Bonchev–Trinajstić information content (AvgIpc) is 3.15. The van der Waals surface area contributed by atoms with E-state index in [1.165, 1.54) is 0 Å². The van der Waals surface area contributed by atoms with Gasteiger partial charge in [0.05, 0.1) is 16.3 Å². The van der Waals surface area contributed by atoms with Gasteiger partial charge in [-0.2, -0.15) is 0 Å². The average molecular weight is 387 g/mol. The van der Waals surface area contributed by atoms with Gasteiger partial charge in [0.25, 0.3) is 0 Å². The normalized spacial score (nSPS) is 14.9. The zero-order chi connectivity index (χ0) is 19.3. The summed E-state index contributed by atoms with van der Waals surface area (Å²) in [5, 5.41) is 5.87. The zero-order valence-electron chi connectivity index (χ0n) is 15.6. The topological polar surface area (TPSA) is 75.3 Å². The lowest BCUT2D eigenvalue weighted by Crippen LogP contribution is -2.36. The molecular formula is C21H26N2O3S. The van der Waals surface area contributed by atoms with Crippen LogP contribution in [0.3, 0.4) is 0 Å². The first kappa shape index (κ1) is 19.4. The van der Waals surface area contributed by atoms with E-state index in [-0.39, 0.29) is 22.7 Å². The largest absolute Gasteiger partial charge is 0.335 e. The van der Waals surface area contributed by atoms with Crippen LogP contribution in [0.25, 0.3) is 11.1 Å². The van der Waals surface area contributed by atoms with Gasteiger partial charge in [-0.15, -0.1) is 0 Å². The highest BCUT2D eigenvalue weighted by atomic mass is 32.2. The Morgan fingerprint density at radius 1 is 1.07 bits per heavy atom. The monoisotopic (exact) mass is 386 g/mol. The van der Waals surface area contributed by atoms with Gasteiger partial charge in [-0.1, -0.05) is 56.2 Å². The number of amides is 2. The maximum Gasteiger partial charge on any atom is 0.319 e. The molecule has 1 fully saturated rings. The third-order valence-corrected chi connectivity index (χ3v) is 6.76. The first-order valence-corrected chi connectivity index (χ1v) is 11.1. The number of anilines is 1. The van der Waals surface area contributed by atoms with Crippen LogP contribution in [0.5, 0.6) is 0 Å². The number of hydrogen-bond donors (Lipinski definition) is 2. The molecule has 0 unspecified atom stereocenters. The number of carbonyl (C=O) groups is 1. The van der Waals surface area contributed by atoms with Crippen molar-refractivity contribution in [1.29, 1.82) is 0 Å². The molecule has 0 atom stereocenters. The fourth-order valence-electron chi connectivity index (χ4n) is 3.49. The number of carbonyl (C=O) groups excluding carboxylic acids is 1. The number of benzene rings is 2. The minimum atomic E-state index is -3.36. The summed E-state index contributed by atoms with van der Waals surface area (Å²) >= 11 is 0. The lowest BCUT2D eigenvalue weighted by atomic mass is 10.0. The van der Waals surface area contributed by atoms with Crippen molar-refractivity contribution in [2.45, 2.75) is 50.0 Å². The Morgan fingerprint density at radius 2 is 1.78 bits per heavy atom. The lowest BCUT2D eigenvalue weighted by molar-refractivity contribution is 0.248. The molecule has 0 aromatic heterocycles. The highest BCUT2D eigenvalue weighted by Crippen LogP contribution is 2.31. The Morgan fingerprint density at radius 3 is 2.44 bits per heavy atom. The molecule has 5 nitrogen and oxygen atoms in total. The molecule has 1 aliphatic carbocycles. The molecule has 0 saturated heterocycles. The highest BCUT2D eigenvalue weighted by molar-refractivity contribution is 7.91. The van der Waals surface area contributed by atoms with Gasteiger partial charge >= 0.3 is 6.03 Å². The first-order chi connectivity index (χ1) is 13.0. The molecule has 1 saturated carbocycles. The second-order valence-electron chi connectivity index (χ2n) is 6.97. The van der Waals surface area contributed by atoms with Gasteiger partial charge in [-0.25, -0.2) is 13.2 Å². The van der Waals surface area contributed by atoms with Crippen molar-refractivity contribution in [3.05, 3.63) is 48.5 Å². The van der Waals surface area contributed by atoms with Gasteiger partial charge in [0.15, 0.2) is 9.84 Å². The Bertz CT molecular complexity index is 889.